The summed E-state index contributed by atoms with van der Waals surface area (Å²) < 4.78 is 12.4. The number of ketones is 1. The number of carbonyl (C=O) groups is 1. The zero-order chi connectivity index (χ0) is 19.5. The summed E-state index contributed by atoms with van der Waals surface area (Å²) in [6, 6.07) is 4.07. The zero-order valence-corrected chi connectivity index (χ0v) is 17.0. The Morgan fingerprint density at radius 1 is 1.29 bits per heavy atom. The molecule has 1 aliphatic heterocycles. The van der Waals surface area contributed by atoms with Gasteiger partial charge >= 0.3 is 0 Å². The van der Waals surface area contributed by atoms with Crippen LogP contribution in [0.25, 0.3) is 0 Å². The Labute approximate surface area is 167 Å². The Hall–Kier alpha value is -1.59. The van der Waals surface area contributed by atoms with Crippen LogP contribution in [0.4, 0.5) is 0 Å². The summed E-state index contributed by atoms with van der Waals surface area (Å²) in [5, 5.41) is 10.5. The molecule has 28 heavy (non-hydrogen) atoms. The summed E-state index contributed by atoms with van der Waals surface area (Å²) in [7, 11) is 1.62. The molecule has 0 amide bonds. The number of carbonyl (C=O) groups excluding carboxylic acids is 1. The summed E-state index contributed by atoms with van der Waals surface area (Å²) in [5.74, 6) is 1.85. The van der Waals surface area contributed by atoms with Gasteiger partial charge in [0.25, 0.3) is 0 Å². The highest BCUT2D eigenvalue weighted by Gasteiger charge is 2.67. The fourth-order valence-electron chi connectivity index (χ4n) is 6.57. The molecule has 1 saturated heterocycles. The van der Waals surface area contributed by atoms with Crippen LogP contribution < -0.4 is 4.74 Å². The van der Waals surface area contributed by atoms with Gasteiger partial charge in [-0.25, -0.2) is 0 Å². The first-order chi connectivity index (χ1) is 13.5. The Kier molecular flexibility index (Phi) is 4.25. The highest BCUT2D eigenvalue weighted by atomic mass is 16.5. The number of likely N-dealkylation sites (tertiary alicyclic amines) is 1. The van der Waals surface area contributed by atoms with E-state index in [9.17, 15) is 9.90 Å². The van der Waals surface area contributed by atoms with Gasteiger partial charge in [-0.3, -0.25) is 9.69 Å². The topological polar surface area (TPSA) is 59.0 Å². The van der Waals surface area contributed by atoms with Gasteiger partial charge in [0.2, 0.25) is 0 Å². The minimum Gasteiger partial charge on any atom is -0.504 e. The number of hydrogen-bond acceptors (Lipinski definition) is 5. The second-order valence-electron chi connectivity index (χ2n) is 9.18. The van der Waals surface area contributed by atoms with Gasteiger partial charge < -0.3 is 14.6 Å². The minimum atomic E-state index is -0.402. The van der Waals surface area contributed by atoms with Gasteiger partial charge in [-0.1, -0.05) is 6.07 Å². The molecule has 5 rings (SSSR count). The lowest BCUT2D eigenvalue weighted by atomic mass is 9.49. The van der Waals surface area contributed by atoms with E-state index in [-0.39, 0.29) is 17.4 Å². The predicted molar refractivity (Wildman–Crippen MR) is 106 cm³/mol. The maximum atomic E-state index is 12.8. The fourth-order valence-corrected chi connectivity index (χ4v) is 6.57. The van der Waals surface area contributed by atoms with Gasteiger partial charge in [0.15, 0.2) is 11.5 Å². The number of phenolic OH excluding ortho intramolecular Hbond substituents is 1. The average Bonchev–Trinajstić information content (AvgIpc) is 3.49. The number of hydrogen-bond donors (Lipinski definition) is 1. The lowest BCUT2D eigenvalue weighted by molar-refractivity contribution is -0.198. The van der Waals surface area contributed by atoms with E-state index in [1.165, 1.54) is 18.4 Å². The monoisotopic (exact) mass is 385 g/mol. The maximum absolute atomic E-state index is 12.8. The number of phenols is 1. The summed E-state index contributed by atoms with van der Waals surface area (Å²) in [6.45, 7) is 4.84. The van der Waals surface area contributed by atoms with E-state index in [0.717, 1.165) is 43.8 Å². The van der Waals surface area contributed by atoms with Crippen molar-refractivity contribution in [2.75, 3.05) is 26.8 Å². The van der Waals surface area contributed by atoms with E-state index >= 15 is 0 Å². The van der Waals surface area contributed by atoms with Gasteiger partial charge in [0.1, 0.15) is 5.78 Å². The Bertz CT molecular complexity index is 804. The third-order valence-corrected chi connectivity index (χ3v) is 7.80. The van der Waals surface area contributed by atoms with Crippen molar-refractivity contribution in [1.82, 2.24) is 4.90 Å². The lowest BCUT2D eigenvalue weighted by Gasteiger charge is -2.65. The summed E-state index contributed by atoms with van der Waals surface area (Å²) >= 11 is 0. The van der Waals surface area contributed by atoms with Crippen LogP contribution in [0.2, 0.25) is 0 Å². The van der Waals surface area contributed by atoms with Crippen LogP contribution in [0.15, 0.2) is 12.1 Å². The average molecular weight is 386 g/mol. The third-order valence-electron chi connectivity index (χ3n) is 7.80. The van der Waals surface area contributed by atoms with Crippen LogP contribution in [0, 0.1) is 5.92 Å². The number of Topliss-reactive ketones (excluding diaryl/α,β-unsaturated/α-hetero) is 1. The number of aromatic hydroxyl groups is 1. The van der Waals surface area contributed by atoms with Crippen molar-refractivity contribution in [3.05, 3.63) is 23.3 Å². The standard InChI is InChI=1S/C23H31NO4/c1-3-28-23-9-8-17(25)13-22(23)10-11-24(14-15-4-5-15)19(23)12-16-6-7-18(26)21(27-2)20(16)22/h6-7,15,19,26H,3-5,8-14H2,1-2H3/t19-,22+,23+/m0/s1. The summed E-state index contributed by atoms with van der Waals surface area (Å²) in [4.78, 5) is 15.4. The molecule has 1 aromatic rings. The molecule has 3 fully saturated rings. The van der Waals surface area contributed by atoms with Crippen LogP contribution in [0.3, 0.4) is 0 Å². The molecular weight excluding hydrogens is 354 g/mol. The molecule has 4 aliphatic rings. The molecule has 3 aliphatic carbocycles. The highest BCUT2D eigenvalue weighted by molar-refractivity contribution is 5.83. The molecule has 1 aromatic carbocycles. The second kappa shape index (κ2) is 6.46. The van der Waals surface area contributed by atoms with Crippen molar-refractivity contribution in [3.63, 3.8) is 0 Å². The van der Waals surface area contributed by atoms with Crippen molar-refractivity contribution in [2.24, 2.45) is 5.92 Å². The SMILES string of the molecule is CCO[C@@]12CCC(=O)C[C@@]13CCN(CC1CC1)[C@H]2Cc1ccc(O)c(OC)c13. The molecule has 2 saturated carbocycles. The van der Waals surface area contributed by atoms with Gasteiger partial charge in [-0.2, -0.15) is 0 Å². The number of benzene rings is 1. The van der Waals surface area contributed by atoms with E-state index in [0.29, 0.717) is 31.0 Å². The Balaban J connectivity index is 1.72. The molecule has 3 atom stereocenters. The molecule has 2 bridgehead atoms. The van der Waals surface area contributed by atoms with E-state index in [1.807, 2.05) is 6.07 Å². The number of nitrogens with zero attached hydrogens (tertiary/aromatic N) is 1. The van der Waals surface area contributed by atoms with Gasteiger partial charge in [0, 0.05) is 43.0 Å². The van der Waals surface area contributed by atoms with Crippen LogP contribution in [0.5, 0.6) is 11.5 Å². The maximum Gasteiger partial charge on any atom is 0.164 e. The molecule has 0 unspecified atom stereocenters. The van der Waals surface area contributed by atoms with Gasteiger partial charge in [0.05, 0.1) is 12.7 Å². The number of methoxy groups -OCH3 is 1. The molecule has 1 N–H and O–H groups in total. The molecule has 1 heterocycles. The molecule has 0 aromatic heterocycles. The number of ether oxygens (including phenoxy) is 2. The number of rotatable bonds is 5. The van der Waals surface area contributed by atoms with Crippen LogP contribution in [-0.4, -0.2) is 54.2 Å². The van der Waals surface area contributed by atoms with E-state index in [1.54, 1.807) is 13.2 Å². The molecule has 5 nitrogen and oxygen atoms in total. The summed E-state index contributed by atoms with van der Waals surface area (Å²) in [6.07, 6.45) is 6.31. The zero-order valence-electron chi connectivity index (χ0n) is 17.0. The molecule has 152 valence electrons. The molecule has 5 heteroatoms. The first-order valence-corrected chi connectivity index (χ1v) is 10.8. The van der Waals surface area contributed by atoms with E-state index < -0.39 is 5.41 Å². The first kappa shape index (κ1) is 18.4. The van der Waals surface area contributed by atoms with Gasteiger partial charge in [-0.05, 0) is 63.1 Å². The smallest absolute Gasteiger partial charge is 0.164 e. The van der Waals surface area contributed by atoms with Crippen molar-refractivity contribution in [1.29, 1.82) is 0 Å². The van der Waals surface area contributed by atoms with Gasteiger partial charge in [-0.15, -0.1) is 0 Å². The molecular formula is C23H31NO4. The van der Waals surface area contributed by atoms with E-state index in [2.05, 4.69) is 11.8 Å². The number of fused-ring (bicyclic) bond motifs is 1. The highest BCUT2D eigenvalue weighted by Crippen LogP contribution is 2.62. The van der Waals surface area contributed by atoms with Crippen molar-refractivity contribution >= 4 is 5.78 Å². The van der Waals surface area contributed by atoms with Crippen molar-refractivity contribution < 1.29 is 19.4 Å². The third kappa shape index (κ3) is 2.42. The predicted octanol–water partition coefficient (Wildman–Crippen LogP) is 3.21. The van der Waals surface area contributed by atoms with E-state index in [4.69, 9.17) is 9.47 Å². The van der Waals surface area contributed by atoms with Crippen LogP contribution in [-0.2, 0) is 21.4 Å². The quantitative estimate of drug-likeness (QED) is 0.843. The lowest BCUT2D eigenvalue weighted by Crippen LogP contribution is -2.74. The number of piperidine rings is 1. The van der Waals surface area contributed by atoms with Crippen LogP contribution in [0.1, 0.15) is 56.6 Å². The Morgan fingerprint density at radius 3 is 2.82 bits per heavy atom. The first-order valence-electron chi connectivity index (χ1n) is 10.8. The van der Waals surface area contributed by atoms with Crippen molar-refractivity contribution in [2.45, 2.75) is 68.9 Å². The largest absolute Gasteiger partial charge is 0.504 e. The van der Waals surface area contributed by atoms with Crippen molar-refractivity contribution in [3.8, 4) is 11.5 Å². The minimum absolute atomic E-state index is 0.165. The van der Waals surface area contributed by atoms with Crippen LogP contribution >= 0.6 is 0 Å². The fraction of sp³-hybridized carbons (Fsp3) is 0.696. The normalized spacial score (nSPS) is 34.6. The second-order valence-corrected chi connectivity index (χ2v) is 9.18. The Morgan fingerprint density at radius 2 is 2.11 bits per heavy atom. The molecule has 0 radical (unpaired) electrons. The summed E-state index contributed by atoms with van der Waals surface area (Å²) in [5.41, 5.74) is 1.47. The molecule has 0 spiro atoms.